The van der Waals surface area contributed by atoms with Gasteiger partial charge in [0, 0.05) is 23.7 Å². The zero-order valence-electron chi connectivity index (χ0n) is 14.8. The van der Waals surface area contributed by atoms with Crippen LogP contribution < -0.4 is 5.32 Å². The fraction of sp³-hybridized carbons (Fsp3) is 0.500. The van der Waals surface area contributed by atoms with Crippen molar-refractivity contribution in [2.24, 2.45) is 0 Å². The Morgan fingerprint density at radius 1 is 1.08 bits per heavy atom. The molecule has 0 saturated carbocycles. The smallest absolute Gasteiger partial charge is 0.414 e. The molecule has 1 aliphatic rings. The number of rotatable bonds is 4. The summed E-state index contributed by atoms with van der Waals surface area (Å²) >= 11 is 6.05. The predicted molar refractivity (Wildman–Crippen MR) is 99.6 cm³/mol. The molecule has 1 aliphatic heterocycles. The first-order valence-electron chi connectivity index (χ1n) is 8.54. The molecular weight excluding hydrogens is 360 g/mol. The van der Waals surface area contributed by atoms with E-state index in [1.54, 1.807) is 0 Å². The average Bonchev–Trinajstić information content (AvgIpc) is 2.86. The van der Waals surface area contributed by atoms with Crippen LogP contribution in [0.5, 0.6) is 0 Å². The number of benzene rings is 1. The number of carboxylic acid groups (broad SMARTS) is 2. The third-order valence-electron chi connectivity index (χ3n) is 4.08. The molecule has 0 aliphatic carbocycles. The van der Waals surface area contributed by atoms with Crippen molar-refractivity contribution in [3.05, 3.63) is 28.8 Å². The molecule has 1 aromatic rings. The number of amides is 1. The van der Waals surface area contributed by atoms with Crippen molar-refractivity contribution in [2.45, 2.75) is 39.0 Å². The van der Waals surface area contributed by atoms with Crippen LogP contribution in [-0.4, -0.2) is 52.6 Å². The number of likely N-dealkylation sites (tertiary alicyclic amines) is 1. The number of nitrogens with one attached hydrogen (secondary N) is 1. The Morgan fingerprint density at radius 2 is 1.65 bits per heavy atom. The van der Waals surface area contributed by atoms with Crippen molar-refractivity contribution in [3.8, 4) is 0 Å². The number of carboxylic acids is 2. The van der Waals surface area contributed by atoms with E-state index >= 15 is 0 Å². The molecule has 0 unspecified atom stereocenters. The number of halogens is 1. The minimum atomic E-state index is -1.82. The highest BCUT2D eigenvalue weighted by Crippen LogP contribution is 2.23. The Hall–Kier alpha value is -2.12. The number of carbonyl (C=O) groups excluding carboxylic acids is 1. The molecule has 0 aromatic heterocycles. The number of hydrogen-bond acceptors (Lipinski definition) is 4. The second kappa shape index (κ2) is 11.5. The molecule has 0 bridgehead atoms. The van der Waals surface area contributed by atoms with E-state index in [1.165, 1.54) is 25.7 Å². The standard InChI is InChI=1S/C16H23ClN2O.C2H2O4/c1-13-14(17)7-6-8-15(13)18-16(20)9-12-19-10-4-2-3-5-11-19;3-1(4)2(5)6/h6-8H,2-5,9-12H2,1H3,(H,18,20);(H,3,4)(H,5,6). The minimum Gasteiger partial charge on any atom is -0.473 e. The molecule has 1 aromatic carbocycles. The summed E-state index contributed by atoms with van der Waals surface area (Å²) in [5.41, 5.74) is 1.75. The van der Waals surface area contributed by atoms with Gasteiger partial charge in [-0.3, -0.25) is 4.79 Å². The van der Waals surface area contributed by atoms with Crippen LogP contribution in [0.3, 0.4) is 0 Å². The van der Waals surface area contributed by atoms with Crippen molar-refractivity contribution in [2.75, 3.05) is 25.0 Å². The topological polar surface area (TPSA) is 107 Å². The van der Waals surface area contributed by atoms with Crippen LogP contribution in [0.4, 0.5) is 5.69 Å². The van der Waals surface area contributed by atoms with Gasteiger partial charge in [-0.15, -0.1) is 0 Å². The molecule has 0 radical (unpaired) electrons. The summed E-state index contributed by atoms with van der Waals surface area (Å²) in [6.07, 6.45) is 5.71. The highest BCUT2D eigenvalue weighted by atomic mass is 35.5. The van der Waals surface area contributed by atoms with Crippen molar-refractivity contribution in [3.63, 3.8) is 0 Å². The van der Waals surface area contributed by atoms with Gasteiger partial charge >= 0.3 is 11.9 Å². The number of nitrogens with zero attached hydrogens (tertiary/aromatic N) is 1. The average molecular weight is 385 g/mol. The van der Waals surface area contributed by atoms with Gasteiger partial charge in [0.15, 0.2) is 0 Å². The summed E-state index contributed by atoms with van der Waals surface area (Å²) in [5, 5.41) is 18.4. The van der Waals surface area contributed by atoms with Crippen molar-refractivity contribution < 1.29 is 24.6 Å². The highest BCUT2D eigenvalue weighted by molar-refractivity contribution is 6.31. The van der Waals surface area contributed by atoms with Gasteiger partial charge in [-0.1, -0.05) is 30.5 Å². The maximum atomic E-state index is 12.0. The first kappa shape index (κ1) is 21.9. The van der Waals surface area contributed by atoms with E-state index in [0.717, 1.165) is 30.9 Å². The maximum Gasteiger partial charge on any atom is 0.414 e. The van der Waals surface area contributed by atoms with Crippen LogP contribution in [0.2, 0.25) is 5.02 Å². The third kappa shape index (κ3) is 8.31. The largest absolute Gasteiger partial charge is 0.473 e. The molecular formula is C18H25ClN2O5. The summed E-state index contributed by atoms with van der Waals surface area (Å²) in [6.45, 7) is 5.03. The summed E-state index contributed by atoms with van der Waals surface area (Å²) in [6, 6.07) is 5.59. The van der Waals surface area contributed by atoms with Crippen LogP contribution in [0.25, 0.3) is 0 Å². The minimum absolute atomic E-state index is 0.0691. The van der Waals surface area contributed by atoms with E-state index < -0.39 is 11.9 Å². The van der Waals surface area contributed by atoms with Gasteiger partial charge in [-0.05, 0) is 50.6 Å². The predicted octanol–water partition coefficient (Wildman–Crippen LogP) is 3.01. The van der Waals surface area contributed by atoms with E-state index in [1.807, 2.05) is 25.1 Å². The van der Waals surface area contributed by atoms with Gasteiger partial charge < -0.3 is 20.4 Å². The van der Waals surface area contributed by atoms with Crippen molar-refractivity contribution in [1.82, 2.24) is 4.90 Å². The Bertz CT molecular complexity index is 616. The summed E-state index contributed by atoms with van der Waals surface area (Å²) in [7, 11) is 0. The third-order valence-corrected chi connectivity index (χ3v) is 4.49. The number of anilines is 1. The van der Waals surface area contributed by atoms with Crippen molar-refractivity contribution in [1.29, 1.82) is 0 Å². The van der Waals surface area contributed by atoms with Crippen LogP contribution >= 0.6 is 11.6 Å². The molecule has 1 amide bonds. The Balaban J connectivity index is 0.000000487. The molecule has 144 valence electrons. The Morgan fingerprint density at radius 3 is 2.19 bits per heavy atom. The van der Waals surface area contributed by atoms with Gasteiger partial charge in [0.1, 0.15) is 0 Å². The van der Waals surface area contributed by atoms with Crippen LogP contribution in [0.1, 0.15) is 37.7 Å². The van der Waals surface area contributed by atoms with E-state index in [2.05, 4.69) is 10.2 Å². The summed E-state index contributed by atoms with van der Waals surface area (Å²) < 4.78 is 0. The van der Waals surface area contributed by atoms with Crippen LogP contribution in [-0.2, 0) is 14.4 Å². The second-order valence-electron chi connectivity index (χ2n) is 6.08. The lowest BCUT2D eigenvalue weighted by Crippen LogP contribution is -2.28. The fourth-order valence-electron chi connectivity index (χ4n) is 2.58. The molecule has 1 heterocycles. The SMILES string of the molecule is Cc1c(Cl)cccc1NC(=O)CCN1CCCCCC1.O=C(O)C(=O)O. The number of aliphatic carboxylic acids is 2. The molecule has 26 heavy (non-hydrogen) atoms. The van der Waals surface area contributed by atoms with Crippen LogP contribution in [0, 0.1) is 6.92 Å². The first-order chi connectivity index (χ1) is 12.3. The fourth-order valence-corrected chi connectivity index (χ4v) is 2.75. The maximum absolute atomic E-state index is 12.0. The highest BCUT2D eigenvalue weighted by Gasteiger charge is 2.12. The molecule has 3 N–H and O–H groups in total. The Kier molecular flexibility index (Phi) is 9.69. The molecule has 7 nitrogen and oxygen atoms in total. The molecule has 0 atom stereocenters. The van der Waals surface area contributed by atoms with Gasteiger partial charge in [0.2, 0.25) is 5.91 Å². The van der Waals surface area contributed by atoms with E-state index in [4.69, 9.17) is 31.4 Å². The van der Waals surface area contributed by atoms with Gasteiger partial charge in [-0.25, -0.2) is 9.59 Å². The molecule has 2 rings (SSSR count). The first-order valence-corrected chi connectivity index (χ1v) is 8.92. The molecule has 1 fully saturated rings. The quantitative estimate of drug-likeness (QED) is 0.689. The number of hydrogen-bond donors (Lipinski definition) is 3. The molecule has 0 spiro atoms. The molecule has 1 saturated heterocycles. The Labute approximate surface area is 157 Å². The zero-order chi connectivity index (χ0) is 19.5. The summed E-state index contributed by atoms with van der Waals surface area (Å²) in [4.78, 5) is 32.6. The lowest BCUT2D eigenvalue weighted by atomic mass is 10.2. The van der Waals surface area contributed by atoms with E-state index in [9.17, 15) is 4.79 Å². The van der Waals surface area contributed by atoms with Crippen LogP contribution in [0.15, 0.2) is 18.2 Å². The number of carbonyl (C=O) groups is 3. The molecule has 8 heteroatoms. The lowest BCUT2D eigenvalue weighted by molar-refractivity contribution is -0.159. The lowest BCUT2D eigenvalue weighted by Gasteiger charge is -2.19. The van der Waals surface area contributed by atoms with E-state index in [0.29, 0.717) is 11.4 Å². The second-order valence-corrected chi connectivity index (χ2v) is 6.48. The van der Waals surface area contributed by atoms with Gasteiger partial charge in [0.25, 0.3) is 0 Å². The normalized spacial score (nSPS) is 14.5. The van der Waals surface area contributed by atoms with Gasteiger partial charge in [-0.2, -0.15) is 0 Å². The van der Waals surface area contributed by atoms with Gasteiger partial charge in [0.05, 0.1) is 0 Å². The zero-order valence-corrected chi connectivity index (χ0v) is 15.6. The van der Waals surface area contributed by atoms with Crippen molar-refractivity contribution >= 4 is 35.1 Å². The summed E-state index contributed by atoms with van der Waals surface area (Å²) in [5.74, 6) is -3.58. The van der Waals surface area contributed by atoms with E-state index in [-0.39, 0.29) is 5.91 Å². The monoisotopic (exact) mass is 384 g/mol.